The minimum atomic E-state index is 0.180. The standard InChI is InChI=1S/C16H24N4O2/c1-22-11-10-19-12-16(6-4-14(19)21)5-2-9-20(13-16)15-17-7-3-8-18-15/h3,7-8H,2,4-6,9-13H2,1H3/t16-/m1/s1. The van der Waals surface area contributed by atoms with Crippen LogP contribution in [0.25, 0.3) is 0 Å². The summed E-state index contributed by atoms with van der Waals surface area (Å²) < 4.78 is 5.13. The number of anilines is 1. The molecule has 0 bridgehead atoms. The molecule has 6 heteroatoms. The Bertz CT molecular complexity index is 510. The third-order valence-electron chi connectivity index (χ3n) is 4.81. The van der Waals surface area contributed by atoms with Gasteiger partial charge in [0.05, 0.1) is 6.61 Å². The molecule has 120 valence electrons. The number of methoxy groups -OCH3 is 1. The van der Waals surface area contributed by atoms with Gasteiger partial charge in [-0.05, 0) is 25.3 Å². The van der Waals surface area contributed by atoms with Gasteiger partial charge in [-0.3, -0.25) is 4.79 Å². The minimum Gasteiger partial charge on any atom is -0.383 e. The molecule has 1 amide bonds. The number of ether oxygens (including phenoxy) is 1. The second-order valence-corrected chi connectivity index (χ2v) is 6.38. The summed E-state index contributed by atoms with van der Waals surface area (Å²) in [5.74, 6) is 1.07. The zero-order valence-corrected chi connectivity index (χ0v) is 13.2. The number of hydrogen-bond donors (Lipinski definition) is 0. The fraction of sp³-hybridized carbons (Fsp3) is 0.688. The summed E-state index contributed by atoms with van der Waals surface area (Å²) in [7, 11) is 1.68. The third-order valence-corrected chi connectivity index (χ3v) is 4.81. The molecule has 2 aliphatic rings. The Morgan fingerprint density at radius 2 is 2.09 bits per heavy atom. The molecular weight excluding hydrogens is 280 g/mol. The van der Waals surface area contributed by atoms with Crippen molar-refractivity contribution in [2.75, 3.05) is 44.8 Å². The first-order valence-corrected chi connectivity index (χ1v) is 8.01. The van der Waals surface area contributed by atoms with Gasteiger partial charge in [-0.1, -0.05) is 0 Å². The number of hydrogen-bond acceptors (Lipinski definition) is 5. The number of likely N-dealkylation sites (tertiary alicyclic amines) is 1. The van der Waals surface area contributed by atoms with E-state index >= 15 is 0 Å². The topological polar surface area (TPSA) is 58.6 Å². The summed E-state index contributed by atoms with van der Waals surface area (Å²) in [5, 5.41) is 0. The molecule has 0 unspecified atom stereocenters. The van der Waals surface area contributed by atoms with Crippen LogP contribution >= 0.6 is 0 Å². The molecule has 0 aromatic carbocycles. The normalized spacial score (nSPS) is 25.8. The first-order valence-electron chi connectivity index (χ1n) is 8.01. The predicted molar refractivity (Wildman–Crippen MR) is 83.6 cm³/mol. The highest BCUT2D eigenvalue weighted by atomic mass is 16.5. The zero-order chi connectivity index (χ0) is 15.4. The molecule has 0 N–H and O–H groups in total. The predicted octanol–water partition coefficient (Wildman–Crippen LogP) is 1.33. The fourth-order valence-electron chi connectivity index (χ4n) is 3.67. The number of carbonyl (C=O) groups is 1. The second kappa shape index (κ2) is 6.60. The van der Waals surface area contributed by atoms with Crippen molar-refractivity contribution in [3.05, 3.63) is 18.5 Å². The highest BCUT2D eigenvalue weighted by molar-refractivity contribution is 5.77. The van der Waals surface area contributed by atoms with Crippen LogP contribution in [0.4, 0.5) is 5.95 Å². The average molecular weight is 304 g/mol. The van der Waals surface area contributed by atoms with Gasteiger partial charge in [-0.25, -0.2) is 9.97 Å². The van der Waals surface area contributed by atoms with Crippen LogP contribution in [0.3, 0.4) is 0 Å². The maximum atomic E-state index is 12.1. The molecule has 22 heavy (non-hydrogen) atoms. The SMILES string of the molecule is COCCN1C[C@@]2(CCCN(c3ncccn3)C2)CCC1=O. The van der Waals surface area contributed by atoms with Crippen molar-refractivity contribution < 1.29 is 9.53 Å². The van der Waals surface area contributed by atoms with Crippen LogP contribution in [0.15, 0.2) is 18.5 Å². The Kier molecular flexibility index (Phi) is 4.57. The van der Waals surface area contributed by atoms with Crippen molar-refractivity contribution in [1.29, 1.82) is 0 Å². The maximum Gasteiger partial charge on any atom is 0.225 e. The smallest absolute Gasteiger partial charge is 0.225 e. The Morgan fingerprint density at radius 1 is 1.27 bits per heavy atom. The van der Waals surface area contributed by atoms with E-state index in [-0.39, 0.29) is 11.3 Å². The van der Waals surface area contributed by atoms with Gasteiger partial charge < -0.3 is 14.5 Å². The first-order chi connectivity index (χ1) is 10.7. The summed E-state index contributed by atoms with van der Waals surface area (Å²) in [6.07, 6.45) is 7.50. The molecule has 1 spiro atoms. The van der Waals surface area contributed by atoms with Crippen LogP contribution in [0.5, 0.6) is 0 Å². The molecule has 2 saturated heterocycles. The lowest BCUT2D eigenvalue weighted by molar-refractivity contribution is -0.138. The van der Waals surface area contributed by atoms with Crippen LogP contribution in [0.1, 0.15) is 25.7 Å². The quantitative estimate of drug-likeness (QED) is 0.840. The van der Waals surface area contributed by atoms with E-state index in [0.29, 0.717) is 19.6 Å². The largest absolute Gasteiger partial charge is 0.383 e. The Hall–Kier alpha value is -1.69. The molecule has 0 aliphatic carbocycles. The van der Waals surface area contributed by atoms with Crippen molar-refractivity contribution in [3.8, 4) is 0 Å². The van der Waals surface area contributed by atoms with Crippen molar-refractivity contribution in [1.82, 2.24) is 14.9 Å². The molecular formula is C16H24N4O2. The molecule has 3 heterocycles. The van der Waals surface area contributed by atoms with Crippen LogP contribution in [0, 0.1) is 5.41 Å². The lowest BCUT2D eigenvalue weighted by Gasteiger charge is -2.48. The number of piperidine rings is 2. The van der Waals surface area contributed by atoms with E-state index in [1.165, 1.54) is 6.42 Å². The van der Waals surface area contributed by atoms with E-state index in [1.54, 1.807) is 19.5 Å². The van der Waals surface area contributed by atoms with E-state index in [9.17, 15) is 4.79 Å². The summed E-state index contributed by atoms with van der Waals surface area (Å²) in [5.41, 5.74) is 0.180. The van der Waals surface area contributed by atoms with Gasteiger partial charge in [-0.15, -0.1) is 0 Å². The first kappa shape index (κ1) is 15.2. The van der Waals surface area contributed by atoms with Gasteiger partial charge in [0, 0.05) is 57.5 Å². The van der Waals surface area contributed by atoms with E-state index in [2.05, 4.69) is 14.9 Å². The molecule has 1 aromatic heterocycles. The van der Waals surface area contributed by atoms with Gasteiger partial charge >= 0.3 is 0 Å². The number of nitrogens with zero attached hydrogens (tertiary/aromatic N) is 4. The number of aromatic nitrogens is 2. The van der Waals surface area contributed by atoms with Crippen LogP contribution in [-0.4, -0.2) is 60.7 Å². The fourth-order valence-corrected chi connectivity index (χ4v) is 3.67. The Morgan fingerprint density at radius 3 is 2.86 bits per heavy atom. The second-order valence-electron chi connectivity index (χ2n) is 6.38. The molecule has 0 radical (unpaired) electrons. The van der Waals surface area contributed by atoms with Crippen molar-refractivity contribution in [2.45, 2.75) is 25.7 Å². The van der Waals surface area contributed by atoms with Crippen LogP contribution in [0.2, 0.25) is 0 Å². The number of carbonyl (C=O) groups excluding carboxylic acids is 1. The van der Waals surface area contributed by atoms with Gasteiger partial charge in [0.15, 0.2) is 0 Å². The van der Waals surface area contributed by atoms with Gasteiger partial charge in [0.25, 0.3) is 0 Å². The summed E-state index contributed by atoms with van der Waals surface area (Å²) >= 11 is 0. The summed E-state index contributed by atoms with van der Waals surface area (Å²) in [6.45, 7) is 4.07. The third kappa shape index (κ3) is 3.21. The van der Waals surface area contributed by atoms with Crippen LogP contribution < -0.4 is 4.90 Å². The van der Waals surface area contributed by atoms with Crippen molar-refractivity contribution >= 4 is 11.9 Å². The molecule has 1 aromatic rings. The van der Waals surface area contributed by atoms with Gasteiger partial charge in [0.2, 0.25) is 11.9 Å². The number of amides is 1. The van der Waals surface area contributed by atoms with E-state index in [4.69, 9.17) is 4.74 Å². The maximum absolute atomic E-state index is 12.1. The highest BCUT2D eigenvalue weighted by Gasteiger charge is 2.42. The van der Waals surface area contributed by atoms with E-state index < -0.39 is 0 Å². The minimum absolute atomic E-state index is 0.180. The van der Waals surface area contributed by atoms with Gasteiger partial charge in [-0.2, -0.15) is 0 Å². The van der Waals surface area contributed by atoms with Crippen molar-refractivity contribution in [2.24, 2.45) is 5.41 Å². The molecule has 1 atom stereocenters. The monoisotopic (exact) mass is 304 g/mol. The molecule has 6 nitrogen and oxygen atoms in total. The lowest BCUT2D eigenvalue weighted by atomic mass is 9.73. The summed E-state index contributed by atoms with van der Waals surface area (Å²) in [4.78, 5) is 25.1. The van der Waals surface area contributed by atoms with Crippen molar-refractivity contribution in [3.63, 3.8) is 0 Å². The highest BCUT2D eigenvalue weighted by Crippen LogP contribution is 2.39. The molecule has 2 aliphatic heterocycles. The molecule has 3 rings (SSSR count). The van der Waals surface area contributed by atoms with E-state index in [1.807, 2.05) is 11.0 Å². The van der Waals surface area contributed by atoms with Gasteiger partial charge in [0.1, 0.15) is 0 Å². The van der Waals surface area contributed by atoms with E-state index in [0.717, 1.165) is 38.4 Å². The Labute approximate surface area is 131 Å². The van der Waals surface area contributed by atoms with Crippen LogP contribution in [-0.2, 0) is 9.53 Å². The average Bonchev–Trinajstić information content (AvgIpc) is 2.57. The number of rotatable bonds is 4. The lowest BCUT2D eigenvalue weighted by Crippen LogP contribution is -2.54. The molecule has 2 fully saturated rings. The zero-order valence-electron chi connectivity index (χ0n) is 13.2. The Balaban J connectivity index is 1.71. The summed E-state index contributed by atoms with van der Waals surface area (Å²) in [6, 6.07) is 1.84. The molecule has 0 saturated carbocycles.